The second kappa shape index (κ2) is 7.83. The van der Waals surface area contributed by atoms with Crippen LogP contribution >= 0.6 is 0 Å². The summed E-state index contributed by atoms with van der Waals surface area (Å²) in [5.41, 5.74) is 2.14. The van der Waals surface area contributed by atoms with E-state index in [4.69, 9.17) is 4.74 Å². The van der Waals surface area contributed by atoms with Gasteiger partial charge >= 0.3 is 0 Å². The van der Waals surface area contributed by atoms with Crippen molar-refractivity contribution in [3.8, 4) is 5.75 Å². The Labute approximate surface area is 154 Å². The number of hydrogen-bond donors (Lipinski definition) is 0. The first kappa shape index (κ1) is 18.3. The van der Waals surface area contributed by atoms with Crippen LogP contribution in [0, 0.1) is 16.0 Å². The maximum atomic E-state index is 11.2. The third-order valence-electron chi connectivity index (χ3n) is 4.67. The number of nitrogens with zero attached hydrogens (tertiary/aromatic N) is 3. The van der Waals surface area contributed by atoms with Gasteiger partial charge in [-0.2, -0.15) is 0 Å². The maximum absolute atomic E-state index is 11.2. The molecule has 6 nitrogen and oxygen atoms in total. The molecule has 0 N–H and O–H groups in total. The Morgan fingerprint density at radius 3 is 2.85 bits per heavy atom. The van der Waals surface area contributed by atoms with Gasteiger partial charge in [-0.3, -0.25) is 20.0 Å². The number of aromatic nitrogens is 1. The molecule has 1 aliphatic heterocycles. The van der Waals surface area contributed by atoms with Crippen molar-refractivity contribution >= 4 is 5.69 Å². The molecule has 1 aliphatic rings. The summed E-state index contributed by atoms with van der Waals surface area (Å²) in [4.78, 5) is 17.5. The predicted molar refractivity (Wildman–Crippen MR) is 100 cm³/mol. The zero-order chi connectivity index (χ0) is 18.7. The molecular weight excluding hydrogens is 330 g/mol. The zero-order valence-corrected chi connectivity index (χ0v) is 15.5. The summed E-state index contributed by atoms with van der Waals surface area (Å²) in [6, 6.07) is 9.18. The first-order chi connectivity index (χ1) is 12.4. The van der Waals surface area contributed by atoms with Gasteiger partial charge in [-0.1, -0.05) is 13.0 Å². The van der Waals surface area contributed by atoms with E-state index in [0.717, 1.165) is 24.3 Å². The highest BCUT2D eigenvalue weighted by atomic mass is 16.6. The Morgan fingerprint density at radius 2 is 2.19 bits per heavy atom. The van der Waals surface area contributed by atoms with Gasteiger partial charge in [-0.15, -0.1) is 0 Å². The number of benzene rings is 1. The Bertz CT molecular complexity index is 764. The summed E-state index contributed by atoms with van der Waals surface area (Å²) in [5.74, 6) is 1.28. The summed E-state index contributed by atoms with van der Waals surface area (Å²) in [5, 5.41) is 11.2. The quantitative estimate of drug-likeness (QED) is 0.569. The van der Waals surface area contributed by atoms with Gasteiger partial charge in [0.15, 0.2) is 0 Å². The summed E-state index contributed by atoms with van der Waals surface area (Å²) in [6.07, 6.45) is 4.76. The summed E-state index contributed by atoms with van der Waals surface area (Å²) in [6.45, 7) is 7.72. The number of ether oxygens (including phenoxy) is 1. The normalized spacial score (nSPS) is 20.5. The van der Waals surface area contributed by atoms with Crippen LogP contribution < -0.4 is 4.74 Å². The lowest BCUT2D eigenvalue weighted by Crippen LogP contribution is -2.24. The standard InChI is InChI=1S/C20H25N3O3/c1-14(2)26-20-7-6-18(23(24)25)10-17(20)13-22-12-15(3)9-19(22)16-5-4-8-21-11-16/h4-8,10-11,14-15,19H,9,12-13H2,1-3H3/t15-,19-/m1/s1. The van der Waals surface area contributed by atoms with Crippen molar-refractivity contribution in [2.75, 3.05) is 6.54 Å². The van der Waals surface area contributed by atoms with Crippen LogP contribution in [0.4, 0.5) is 5.69 Å². The molecule has 2 aromatic rings. The number of pyridine rings is 1. The van der Waals surface area contributed by atoms with Gasteiger partial charge < -0.3 is 4.74 Å². The number of rotatable bonds is 6. The van der Waals surface area contributed by atoms with E-state index in [9.17, 15) is 10.1 Å². The molecule has 0 amide bonds. The zero-order valence-electron chi connectivity index (χ0n) is 15.5. The molecule has 2 heterocycles. The number of nitro groups is 1. The molecule has 0 unspecified atom stereocenters. The van der Waals surface area contributed by atoms with Crippen molar-refractivity contribution in [3.63, 3.8) is 0 Å². The molecule has 138 valence electrons. The SMILES string of the molecule is CC(C)Oc1ccc([N+](=O)[O-])cc1CN1C[C@H](C)C[C@@H]1c1cccnc1. The van der Waals surface area contributed by atoms with Gasteiger partial charge in [0.2, 0.25) is 0 Å². The molecule has 0 bridgehead atoms. The third-order valence-corrected chi connectivity index (χ3v) is 4.67. The van der Waals surface area contributed by atoms with Crippen molar-refractivity contribution in [2.45, 2.75) is 45.9 Å². The predicted octanol–water partition coefficient (Wildman–Crippen LogP) is 4.36. The van der Waals surface area contributed by atoms with Gasteiger partial charge in [-0.25, -0.2) is 0 Å². The minimum Gasteiger partial charge on any atom is -0.491 e. The molecule has 6 heteroatoms. The fourth-order valence-electron chi connectivity index (χ4n) is 3.62. The lowest BCUT2D eigenvalue weighted by atomic mass is 10.0. The van der Waals surface area contributed by atoms with Crippen LogP contribution in [0.25, 0.3) is 0 Å². The second-order valence-corrected chi connectivity index (χ2v) is 7.29. The van der Waals surface area contributed by atoms with E-state index in [1.165, 1.54) is 11.6 Å². The van der Waals surface area contributed by atoms with Crippen LogP contribution in [0.15, 0.2) is 42.7 Å². The highest BCUT2D eigenvalue weighted by Crippen LogP contribution is 2.37. The van der Waals surface area contributed by atoms with Crippen LogP contribution in [-0.2, 0) is 6.54 Å². The molecule has 2 atom stereocenters. The van der Waals surface area contributed by atoms with Crippen LogP contribution in [0.3, 0.4) is 0 Å². The minimum absolute atomic E-state index is 0.0156. The first-order valence-corrected chi connectivity index (χ1v) is 9.02. The molecule has 0 saturated carbocycles. The highest BCUT2D eigenvalue weighted by Gasteiger charge is 2.31. The number of non-ortho nitro benzene ring substituents is 1. The lowest BCUT2D eigenvalue weighted by Gasteiger charge is -2.26. The topological polar surface area (TPSA) is 68.5 Å². The van der Waals surface area contributed by atoms with Gasteiger partial charge in [0.1, 0.15) is 5.75 Å². The van der Waals surface area contributed by atoms with E-state index in [0.29, 0.717) is 12.5 Å². The number of nitro benzene ring substituents is 1. The molecule has 0 aliphatic carbocycles. The van der Waals surface area contributed by atoms with E-state index in [-0.39, 0.29) is 22.8 Å². The van der Waals surface area contributed by atoms with Crippen LogP contribution in [-0.4, -0.2) is 27.5 Å². The average Bonchev–Trinajstić information content (AvgIpc) is 2.97. The fourth-order valence-corrected chi connectivity index (χ4v) is 3.62. The van der Waals surface area contributed by atoms with Crippen LogP contribution in [0.1, 0.15) is 44.4 Å². The Morgan fingerprint density at radius 1 is 1.38 bits per heavy atom. The molecule has 26 heavy (non-hydrogen) atoms. The minimum atomic E-state index is -0.353. The fraction of sp³-hybridized carbons (Fsp3) is 0.450. The van der Waals surface area contributed by atoms with Crippen molar-refractivity contribution in [3.05, 3.63) is 64.0 Å². The smallest absolute Gasteiger partial charge is 0.270 e. The largest absolute Gasteiger partial charge is 0.491 e. The van der Waals surface area contributed by atoms with E-state index in [1.807, 2.05) is 26.1 Å². The summed E-state index contributed by atoms with van der Waals surface area (Å²) < 4.78 is 5.90. The molecular formula is C20H25N3O3. The summed E-state index contributed by atoms with van der Waals surface area (Å²) >= 11 is 0. The van der Waals surface area contributed by atoms with E-state index in [1.54, 1.807) is 18.3 Å². The summed E-state index contributed by atoms with van der Waals surface area (Å²) in [7, 11) is 0. The average molecular weight is 355 g/mol. The molecule has 1 fully saturated rings. The molecule has 3 rings (SSSR count). The first-order valence-electron chi connectivity index (χ1n) is 9.02. The van der Waals surface area contributed by atoms with Crippen molar-refractivity contribution in [1.82, 2.24) is 9.88 Å². The Kier molecular flexibility index (Phi) is 5.52. The van der Waals surface area contributed by atoms with E-state index in [2.05, 4.69) is 22.9 Å². The molecule has 1 aromatic carbocycles. The number of hydrogen-bond acceptors (Lipinski definition) is 5. The Balaban J connectivity index is 1.90. The monoisotopic (exact) mass is 355 g/mol. The van der Waals surface area contributed by atoms with Gasteiger partial charge in [0, 0.05) is 49.2 Å². The third kappa shape index (κ3) is 4.19. The van der Waals surface area contributed by atoms with Crippen molar-refractivity contribution < 1.29 is 9.66 Å². The van der Waals surface area contributed by atoms with Crippen molar-refractivity contribution in [2.24, 2.45) is 5.92 Å². The second-order valence-electron chi connectivity index (χ2n) is 7.29. The molecule has 1 aromatic heterocycles. The van der Waals surface area contributed by atoms with Crippen LogP contribution in [0.5, 0.6) is 5.75 Å². The molecule has 0 radical (unpaired) electrons. The highest BCUT2D eigenvalue weighted by molar-refractivity contribution is 5.44. The van der Waals surface area contributed by atoms with E-state index >= 15 is 0 Å². The van der Waals surface area contributed by atoms with Gasteiger partial charge in [0.05, 0.1) is 11.0 Å². The van der Waals surface area contributed by atoms with Gasteiger partial charge in [-0.05, 0) is 43.9 Å². The number of likely N-dealkylation sites (tertiary alicyclic amines) is 1. The Hall–Kier alpha value is -2.47. The maximum Gasteiger partial charge on any atom is 0.270 e. The molecule has 1 saturated heterocycles. The van der Waals surface area contributed by atoms with Crippen molar-refractivity contribution in [1.29, 1.82) is 0 Å². The molecule has 0 spiro atoms. The van der Waals surface area contributed by atoms with E-state index < -0.39 is 0 Å². The lowest BCUT2D eigenvalue weighted by molar-refractivity contribution is -0.385. The van der Waals surface area contributed by atoms with Crippen LogP contribution in [0.2, 0.25) is 0 Å². The van der Waals surface area contributed by atoms with Gasteiger partial charge in [0.25, 0.3) is 5.69 Å².